The molecule has 3 N–H and O–H groups in total. The summed E-state index contributed by atoms with van der Waals surface area (Å²) in [4.78, 5) is 26.3. The van der Waals surface area contributed by atoms with Crippen molar-refractivity contribution in [3.8, 4) is 0 Å². The molecule has 1 fully saturated rings. The van der Waals surface area contributed by atoms with E-state index >= 15 is 0 Å². The van der Waals surface area contributed by atoms with E-state index in [4.69, 9.17) is 0 Å². The molecule has 0 saturated carbocycles. The first-order chi connectivity index (χ1) is 13.0. The van der Waals surface area contributed by atoms with Crippen molar-refractivity contribution in [2.45, 2.75) is 38.3 Å². The van der Waals surface area contributed by atoms with E-state index in [1.807, 2.05) is 54.6 Å². The third-order valence-corrected chi connectivity index (χ3v) is 5.55. The second-order valence-electron chi connectivity index (χ2n) is 7.92. The van der Waals surface area contributed by atoms with Gasteiger partial charge in [-0.1, -0.05) is 50.2 Å². The molecule has 140 valence electrons. The van der Waals surface area contributed by atoms with E-state index < -0.39 is 11.5 Å². The van der Waals surface area contributed by atoms with E-state index in [1.54, 1.807) is 0 Å². The van der Waals surface area contributed by atoms with E-state index in [-0.39, 0.29) is 17.9 Å². The Hall–Kier alpha value is -2.66. The van der Waals surface area contributed by atoms with Crippen molar-refractivity contribution in [3.05, 3.63) is 60.2 Å². The molecule has 0 aromatic heterocycles. The van der Waals surface area contributed by atoms with Gasteiger partial charge >= 0.3 is 0 Å². The molecule has 3 unspecified atom stereocenters. The van der Waals surface area contributed by atoms with E-state index in [0.717, 1.165) is 23.4 Å². The maximum Gasteiger partial charge on any atom is 0.250 e. The lowest BCUT2D eigenvalue weighted by Gasteiger charge is -2.29. The molecule has 3 atom stereocenters. The molecule has 5 nitrogen and oxygen atoms in total. The number of hydrogen-bond donors (Lipinski definition) is 3. The fourth-order valence-electron chi connectivity index (χ4n) is 4.49. The maximum absolute atomic E-state index is 13.2. The fraction of sp³-hybridized carbons (Fsp3) is 0.364. The molecular formula is C22H25N3O2. The van der Waals surface area contributed by atoms with Crippen molar-refractivity contribution in [1.29, 1.82) is 0 Å². The molecule has 1 spiro atoms. The van der Waals surface area contributed by atoms with Gasteiger partial charge in [0.1, 0.15) is 5.54 Å². The third kappa shape index (κ3) is 3.02. The van der Waals surface area contributed by atoms with Gasteiger partial charge in [0.05, 0.1) is 5.92 Å². The summed E-state index contributed by atoms with van der Waals surface area (Å²) in [7, 11) is 0. The Morgan fingerprint density at radius 3 is 2.59 bits per heavy atom. The van der Waals surface area contributed by atoms with Crippen LogP contribution >= 0.6 is 0 Å². The lowest BCUT2D eigenvalue weighted by atomic mass is 9.79. The molecular weight excluding hydrogens is 338 g/mol. The van der Waals surface area contributed by atoms with Crippen LogP contribution in [0.15, 0.2) is 54.6 Å². The largest absolute Gasteiger partial charge is 0.326 e. The highest BCUT2D eigenvalue weighted by molar-refractivity contribution is 6.10. The number of para-hydroxylation sites is 2. The molecule has 2 aliphatic rings. The van der Waals surface area contributed by atoms with Crippen molar-refractivity contribution in [3.63, 3.8) is 0 Å². The van der Waals surface area contributed by atoms with Crippen LogP contribution < -0.4 is 16.0 Å². The van der Waals surface area contributed by atoms with Gasteiger partial charge in [0, 0.05) is 23.0 Å². The van der Waals surface area contributed by atoms with Crippen molar-refractivity contribution in [2.75, 3.05) is 10.6 Å². The van der Waals surface area contributed by atoms with E-state index in [0.29, 0.717) is 12.3 Å². The van der Waals surface area contributed by atoms with Gasteiger partial charge in [-0.3, -0.25) is 14.9 Å². The van der Waals surface area contributed by atoms with Gasteiger partial charge in [-0.15, -0.1) is 0 Å². The highest BCUT2D eigenvalue weighted by Crippen LogP contribution is 2.47. The van der Waals surface area contributed by atoms with Gasteiger partial charge in [0.25, 0.3) is 0 Å². The molecule has 0 aliphatic carbocycles. The summed E-state index contributed by atoms with van der Waals surface area (Å²) in [5.74, 6) is -0.240. The molecule has 0 bridgehead atoms. The van der Waals surface area contributed by atoms with Gasteiger partial charge in [-0.05, 0) is 37.0 Å². The standard InChI is InChI=1S/C22H25N3O2/c1-14(2)12-16-13-18(20(26)23-15-8-4-3-5-9-15)22(25-16)17-10-6-7-11-19(17)24-21(22)27/h3-11,14,16,18,25H,12-13H2,1-2H3,(H,23,26)(H,24,27). The Morgan fingerprint density at radius 1 is 1.15 bits per heavy atom. The Bertz CT molecular complexity index is 865. The van der Waals surface area contributed by atoms with Crippen molar-refractivity contribution in [2.24, 2.45) is 11.8 Å². The predicted molar refractivity (Wildman–Crippen MR) is 106 cm³/mol. The fourth-order valence-corrected chi connectivity index (χ4v) is 4.49. The molecule has 5 heteroatoms. The van der Waals surface area contributed by atoms with E-state index in [1.165, 1.54) is 0 Å². The summed E-state index contributed by atoms with van der Waals surface area (Å²) in [5, 5.41) is 9.52. The van der Waals surface area contributed by atoms with Crippen LogP contribution in [0.3, 0.4) is 0 Å². The molecule has 2 aromatic carbocycles. The minimum atomic E-state index is -1.00. The van der Waals surface area contributed by atoms with Gasteiger partial charge in [0.2, 0.25) is 11.8 Å². The summed E-state index contributed by atoms with van der Waals surface area (Å²) in [6.45, 7) is 4.32. The second-order valence-corrected chi connectivity index (χ2v) is 7.92. The number of fused-ring (bicyclic) bond motifs is 2. The number of hydrogen-bond acceptors (Lipinski definition) is 3. The Kier molecular flexibility index (Phi) is 4.48. The monoisotopic (exact) mass is 363 g/mol. The number of amides is 2. The summed E-state index contributed by atoms with van der Waals surface area (Å²) in [5.41, 5.74) is 1.40. The molecule has 27 heavy (non-hydrogen) atoms. The minimum Gasteiger partial charge on any atom is -0.326 e. The van der Waals surface area contributed by atoms with Gasteiger partial charge in [-0.2, -0.15) is 0 Å². The second kappa shape index (κ2) is 6.82. The lowest BCUT2D eigenvalue weighted by Crippen LogP contribution is -2.52. The van der Waals surface area contributed by atoms with Crippen molar-refractivity contribution < 1.29 is 9.59 Å². The van der Waals surface area contributed by atoms with Crippen molar-refractivity contribution >= 4 is 23.2 Å². The van der Waals surface area contributed by atoms with Crippen LogP contribution in [0.2, 0.25) is 0 Å². The number of nitrogens with one attached hydrogen (secondary N) is 3. The SMILES string of the molecule is CC(C)CC1CC(C(=O)Nc2ccccc2)C2(N1)C(=O)Nc1ccccc12. The predicted octanol–water partition coefficient (Wildman–Crippen LogP) is 3.50. The van der Waals surface area contributed by atoms with Crippen LogP contribution in [0.1, 0.15) is 32.3 Å². The average Bonchev–Trinajstić information content (AvgIpc) is 3.15. The molecule has 4 rings (SSSR count). The molecule has 1 saturated heterocycles. The van der Waals surface area contributed by atoms with Crippen LogP contribution in [0.25, 0.3) is 0 Å². The van der Waals surface area contributed by atoms with Crippen molar-refractivity contribution in [1.82, 2.24) is 5.32 Å². The zero-order valence-electron chi connectivity index (χ0n) is 15.7. The number of anilines is 2. The van der Waals surface area contributed by atoms with Crippen LogP contribution in [-0.2, 0) is 15.1 Å². The summed E-state index contributed by atoms with van der Waals surface area (Å²) in [6, 6.07) is 17.2. The first-order valence-electron chi connectivity index (χ1n) is 9.55. The maximum atomic E-state index is 13.2. The van der Waals surface area contributed by atoms with E-state index in [2.05, 4.69) is 29.8 Å². The zero-order valence-corrected chi connectivity index (χ0v) is 15.7. The summed E-state index contributed by atoms with van der Waals surface area (Å²) < 4.78 is 0. The van der Waals surface area contributed by atoms with Crippen LogP contribution in [0.4, 0.5) is 11.4 Å². The summed E-state index contributed by atoms with van der Waals surface area (Å²) >= 11 is 0. The average molecular weight is 363 g/mol. The topological polar surface area (TPSA) is 70.2 Å². The van der Waals surface area contributed by atoms with Crippen LogP contribution in [0.5, 0.6) is 0 Å². The molecule has 2 aliphatic heterocycles. The number of benzene rings is 2. The zero-order chi connectivity index (χ0) is 19.0. The normalized spacial score (nSPS) is 26.3. The minimum absolute atomic E-state index is 0.119. The molecule has 2 amide bonds. The van der Waals surface area contributed by atoms with Gasteiger partial charge in [0.15, 0.2) is 0 Å². The number of rotatable bonds is 4. The lowest BCUT2D eigenvalue weighted by molar-refractivity contribution is -0.130. The number of carbonyl (C=O) groups excluding carboxylic acids is 2. The first kappa shape index (κ1) is 17.7. The summed E-state index contributed by atoms with van der Waals surface area (Å²) in [6.07, 6.45) is 1.56. The molecule has 0 radical (unpaired) electrons. The quantitative estimate of drug-likeness (QED) is 0.779. The van der Waals surface area contributed by atoms with Gasteiger partial charge < -0.3 is 10.6 Å². The Labute approximate surface area is 159 Å². The molecule has 2 aromatic rings. The smallest absolute Gasteiger partial charge is 0.250 e. The van der Waals surface area contributed by atoms with Crippen LogP contribution in [-0.4, -0.2) is 17.9 Å². The highest BCUT2D eigenvalue weighted by Gasteiger charge is 2.59. The molecule has 2 heterocycles. The Morgan fingerprint density at radius 2 is 1.85 bits per heavy atom. The first-order valence-corrected chi connectivity index (χ1v) is 9.55. The van der Waals surface area contributed by atoms with Crippen LogP contribution in [0, 0.1) is 11.8 Å². The highest BCUT2D eigenvalue weighted by atomic mass is 16.2. The Balaban J connectivity index is 1.71. The third-order valence-electron chi connectivity index (χ3n) is 5.55. The van der Waals surface area contributed by atoms with Gasteiger partial charge in [-0.25, -0.2) is 0 Å². The van der Waals surface area contributed by atoms with E-state index in [9.17, 15) is 9.59 Å². The number of carbonyl (C=O) groups is 2.